The van der Waals surface area contributed by atoms with Crippen LogP contribution in [0.3, 0.4) is 0 Å². The third kappa shape index (κ3) is 2.81. The van der Waals surface area contributed by atoms with Crippen LogP contribution in [0.25, 0.3) is 16.7 Å². The first-order chi connectivity index (χ1) is 13.0. The van der Waals surface area contributed by atoms with Gasteiger partial charge in [0.25, 0.3) is 0 Å². The highest BCUT2D eigenvalue weighted by molar-refractivity contribution is 5.94. The van der Waals surface area contributed by atoms with Crippen LogP contribution in [0.5, 0.6) is 11.5 Å². The zero-order chi connectivity index (χ0) is 19.1. The highest BCUT2D eigenvalue weighted by atomic mass is 16.3. The molecule has 0 saturated heterocycles. The number of phenolic OH excluding ortho intramolecular Hbond substituents is 2. The van der Waals surface area contributed by atoms with Crippen molar-refractivity contribution in [2.24, 2.45) is 16.6 Å². The van der Waals surface area contributed by atoms with Crippen molar-refractivity contribution in [3.63, 3.8) is 0 Å². The fourth-order valence-electron chi connectivity index (χ4n) is 3.47. The van der Waals surface area contributed by atoms with Crippen molar-refractivity contribution < 1.29 is 20.4 Å². The molecule has 4 rings (SSSR count). The Labute approximate surface area is 155 Å². The van der Waals surface area contributed by atoms with E-state index in [4.69, 9.17) is 5.73 Å². The van der Waals surface area contributed by atoms with E-state index in [9.17, 15) is 20.4 Å². The highest BCUT2D eigenvalue weighted by Gasteiger charge is 2.35. The number of aromatic hydroxyl groups is 2. The summed E-state index contributed by atoms with van der Waals surface area (Å²) in [4.78, 5) is 4.14. The minimum Gasteiger partial charge on any atom is -0.509 e. The summed E-state index contributed by atoms with van der Waals surface area (Å²) in [5.41, 5.74) is 8.74. The van der Waals surface area contributed by atoms with Crippen molar-refractivity contribution in [3.05, 3.63) is 77.7 Å². The molecule has 2 unspecified atom stereocenters. The van der Waals surface area contributed by atoms with Gasteiger partial charge in [-0.1, -0.05) is 42.5 Å². The first-order valence-corrected chi connectivity index (χ1v) is 8.42. The molecule has 0 aromatic heterocycles. The van der Waals surface area contributed by atoms with Gasteiger partial charge in [-0.25, -0.2) is 4.99 Å². The summed E-state index contributed by atoms with van der Waals surface area (Å²) in [5.74, 6) is -0.910. The monoisotopic (exact) mass is 362 g/mol. The molecule has 2 aromatic carbocycles. The molecule has 0 spiro atoms. The van der Waals surface area contributed by atoms with Crippen LogP contribution in [0.1, 0.15) is 5.56 Å². The van der Waals surface area contributed by atoms with Crippen LogP contribution in [-0.4, -0.2) is 32.4 Å². The summed E-state index contributed by atoms with van der Waals surface area (Å²) >= 11 is 0. The number of dihydropyridines is 1. The van der Waals surface area contributed by atoms with Gasteiger partial charge in [0.15, 0.2) is 0 Å². The van der Waals surface area contributed by atoms with E-state index in [1.165, 1.54) is 12.1 Å². The molecule has 0 radical (unpaired) electrons. The second-order valence-electron chi connectivity index (χ2n) is 6.51. The third-order valence-electron chi connectivity index (χ3n) is 4.85. The number of rotatable bonds is 2. The second kappa shape index (κ2) is 6.25. The first kappa shape index (κ1) is 16.8. The van der Waals surface area contributed by atoms with E-state index in [-0.39, 0.29) is 28.9 Å². The number of phenols is 2. The molecule has 6 N–H and O–H groups in total. The number of fused-ring (bicyclic) bond motifs is 1. The number of aliphatic hydroxyl groups is 2. The van der Waals surface area contributed by atoms with E-state index in [2.05, 4.69) is 4.99 Å². The van der Waals surface area contributed by atoms with Gasteiger partial charge in [0.05, 0.1) is 12.0 Å². The lowest BCUT2D eigenvalue weighted by atomic mass is 9.80. The van der Waals surface area contributed by atoms with E-state index in [0.29, 0.717) is 5.56 Å². The smallest absolute Gasteiger partial charge is 0.234 e. The van der Waals surface area contributed by atoms with Crippen LogP contribution in [0.15, 0.2) is 77.1 Å². The van der Waals surface area contributed by atoms with E-state index in [0.717, 1.165) is 16.7 Å². The van der Waals surface area contributed by atoms with Crippen LogP contribution >= 0.6 is 0 Å². The number of aliphatic hydroxyl groups excluding tert-OH is 2. The molecule has 6 heteroatoms. The summed E-state index contributed by atoms with van der Waals surface area (Å²) < 4.78 is 0. The van der Waals surface area contributed by atoms with Crippen molar-refractivity contribution in [1.29, 1.82) is 0 Å². The lowest BCUT2D eigenvalue weighted by molar-refractivity contribution is 0.333. The number of hydrogen-bond donors (Lipinski definition) is 5. The van der Waals surface area contributed by atoms with Crippen LogP contribution in [0, 0.1) is 5.92 Å². The molecule has 6 nitrogen and oxygen atoms in total. The van der Waals surface area contributed by atoms with E-state index in [1.54, 1.807) is 12.1 Å². The zero-order valence-corrected chi connectivity index (χ0v) is 14.2. The molecule has 2 aliphatic rings. The molecule has 0 saturated carbocycles. The van der Waals surface area contributed by atoms with E-state index >= 15 is 0 Å². The van der Waals surface area contributed by atoms with Gasteiger partial charge in [0.1, 0.15) is 23.0 Å². The molecule has 0 fully saturated rings. The Kier molecular flexibility index (Phi) is 3.88. The first-order valence-electron chi connectivity index (χ1n) is 8.42. The van der Waals surface area contributed by atoms with Crippen LogP contribution < -0.4 is 5.73 Å². The molecule has 0 amide bonds. The predicted molar refractivity (Wildman–Crippen MR) is 104 cm³/mol. The summed E-state index contributed by atoms with van der Waals surface area (Å²) in [6.07, 6.45) is 5.52. The van der Waals surface area contributed by atoms with E-state index in [1.807, 2.05) is 36.4 Å². The van der Waals surface area contributed by atoms with Crippen molar-refractivity contribution in [2.45, 2.75) is 6.04 Å². The molecule has 1 aliphatic heterocycles. The lowest BCUT2D eigenvalue weighted by Gasteiger charge is -2.30. The van der Waals surface area contributed by atoms with Gasteiger partial charge in [0, 0.05) is 11.6 Å². The van der Waals surface area contributed by atoms with Gasteiger partial charge in [-0.05, 0) is 28.8 Å². The van der Waals surface area contributed by atoms with Crippen molar-refractivity contribution in [2.75, 3.05) is 0 Å². The Morgan fingerprint density at radius 3 is 2.30 bits per heavy atom. The molecular weight excluding hydrogens is 344 g/mol. The Bertz CT molecular complexity index is 1030. The summed E-state index contributed by atoms with van der Waals surface area (Å²) in [6, 6.07) is 11.5. The van der Waals surface area contributed by atoms with Gasteiger partial charge in [-0.3, -0.25) is 0 Å². The molecule has 2 atom stereocenters. The molecule has 136 valence electrons. The number of nitrogens with two attached hydrogens (primary N) is 1. The second-order valence-corrected chi connectivity index (χ2v) is 6.51. The molecule has 0 bridgehead atoms. The Morgan fingerprint density at radius 1 is 0.889 bits per heavy atom. The highest BCUT2D eigenvalue weighted by Crippen LogP contribution is 2.39. The van der Waals surface area contributed by atoms with Gasteiger partial charge in [0.2, 0.25) is 5.90 Å². The minimum absolute atomic E-state index is 0.000910. The number of aliphatic imine (C=N–C) groups is 1. The average molecular weight is 362 g/mol. The molecule has 1 aliphatic carbocycles. The fraction of sp³-hybridized carbons (Fsp3) is 0.0952. The Balaban J connectivity index is 1.70. The Hall–Kier alpha value is -3.67. The number of benzene rings is 2. The molecule has 2 aromatic rings. The minimum atomic E-state index is -0.459. The normalized spacial score (nSPS) is 21.5. The third-order valence-corrected chi connectivity index (χ3v) is 4.85. The maximum atomic E-state index is 10.5. The maximum absolute atomic E-state index is 10.5. The quantitative estimate of drug-likeness (QED) is 0.561. The summed E-state index contributed by atoms with van der Waals surface area (Å²) in [5, 5.41) is 39.7. The average Bonchev–Trinajstić information content (AvgIpc) is 2.66. The lowest BCUT2D eigenvalue weighted by Crippen LogP contribution is -2.32. The largest absolute Gasteiger partial charge is 0.509 e. The number of hydrogen-bond acceptors (Lipinski definition) is 5. The predicted octanol–water partition coefficient (Wildman–Crippen LogP) is 3.40. The standard InChI is InChI=1S/C21H18N2O4/c22-19-20(26)18-15(2-1-3-16(18)23-21(19)27)12-6-4-11(5-7-12)14-9-8-13(24)10-17(14)25/h1-10,16,18,24-26H,22H2,(H,23,27). The number of nitrogens with zero attached hydrogens (tertiary/aromatic N) is 1. The summed E-state index contributed by atoms with van der Waals surface area (Å²) in [6.45, 7) is 0. The van der Waals surface area contributed by atoms with Gasteiger partial charge in [-0.2, -0.15) is 0 Å². The van der Waals surface area contributed by atoms with E-state index < -0.39 is 12.0 Å². The summed E-state index contributed by atoms with van der Waals surface area (Å²) in [7, 11) is 0. The van der Waals surface area contributed by atoms with Crippen LogP contribution in [0.4, 0.5) is 0 Å². The van der Waals surface area contributed by atoms with Gasteiger partial charge in [-0.15, -0.1) is 0 Å². The fourth-order valence-corrected chi connectivity index (χ4v) is 3.47. The van der Waals surface area contributed by atoms with Gasteiger partial charge < -0.3 is 26.2 Å². The number of allylic oxidation sites excluding steroid dienone is 2. The SMILES string of the molecule is NC1=C(O)C2C(c3ccc(-c4ccc(O)cc4O)cc3)=CC=CC2N=C1O. The van der Waals surface area contributed by atoms with Crippen molar-refractivity contribution >= 4 is 11.5 Å². The maximum Gasteiger partial charge on any atom is 0.234 e. The Morgan fingerprint density at radius 2 is 1.59 bits per heavy atom. The molecular formula is C21H18N2O4. The topological polar surface area (TPSA) is 119 Å². The van der Waals surface area contributed by atoms with Crippen LogP contribution in [-0.2, 0) is 0 Å². The zero-order valence-electron chi connectivity index (χ0n) is 14.2. The van der Waals surface area contributed by atoms with Crippen molar-refractivity contribution in [3.8, 4) is 22.6 Å². The van der Waals surface area contributed by atoms with Crippen molar-refractivity contribution in [1.82, 2.24) is 0 Å². The van der Waals surface area contributed by atoms with Gasteiger partial charge >= 0.3 is 0 Å². The molecule has 27 heavy (non-hydrogen) atoms. The van der Waals surface area contributed by atoms with Crippen LogP contribution in [0.2, 0.25) is 0 Å². The molecule has 1 heterocycles.